The van der Waals surface area contributed by atoms with Crippen LogP contribution >= 0.6 is 0 Å². The van der Waals surface area contributed by atoms with Crippen LogP contribution in [0.3, 0.4) is 0 Å². The van der Waals surface area contributed by atoms with Gasteiger partial charge in [-0.2, -0.15) is 0 Å². The highest BCUT2D eigenvalue weighted by Crippen LogP contribution is 2.36. The quantitative estimate of drug-likeness (QED) is 0.593. The molecule has 0 aromatic heterocycles. The summed E-state index contributed by atoms with van der Waals surface area (Å²) in [5.41, 5.74) is -0.352. The molecule has 0 amide bonds. The fourth-order valence-corrected chi connectivity index (χ4v) is 1.80. The van der Waals surface area contributed by atoms with E-state index in [2.05, 4.69) is 12.2 Å². The number of rotatable bonds is 1. The Morgan fingerprint density at radius 3 is 2.50 bits per heavy atom. The van der Waals surface area contributed by atoms with Gasteiger partial charge in [0.05, 0.1) is 12.5 Å². The second-order valence-electron chi connectivity index (χ2n) is 3.81. The summed E-state index contributed by atoms with van der Waals surface area (Å²) in [7, 11) is 1.45. The van der Waals surface area contributed by atoms with Crippen molar-refractivity contribution in [2.24, 2.45) is 11.3 Å². The number of nitrogens with one attached hydrogen (secondary N) is 1. The molecule has 1 rings (SSSR count). The Morgan fingerprint density at radius 2 is 2.17 bits per heavy atom. The Labute approximate surface area is 73.5 Å². The van der Waals surface area contributed by atoms with Crippen molar-refractivity contribution in [1.82, 2.24) is 5.32 Å². The van der Waals surface area contributed by atoms with E-state index in [4.69, 9.17) is 4.74 Å². The third kappa shape index (κ3) is 1.12. The summed E-state index contributed by atoms with van der Waals surface area (Å²) in [5, 5.41) is 3.27. The van der Waals surface area contributed by atoms with E-state index in [9.17, 15) is 4.79 Å². The zero-order valence-electron chi connectivity index (χ0n) is 8.18. The van der Waals surface area contributed by atoms with Crippen LogP contribution in [0.2, 0.25) is 0 Å². The van der Waals surface area contributed by atoms with E-state index < -0.39 is 0 Å². The minimum Gasteiger partial charge on any atom is -0.469 e. The molecule has 0 aromatic rings. The number of esters is 1. The van der Waals surface area contributed by atoms with Crippen LogP contribution in [0.25, 0.3) is 0 Å². The van der Waals surface area contributed by atoms with E-state index in [-0.39, 0.29) is 17.4 Å². The summed E-state index contributed by atoms with van der Waals surface area (Å²) >= 11 is 0. The van der Waals surface area contributed by atoms with E-state index in [1.54, 1.807) is 0 Å². The van der Waals surface area contributed by atoms with Crippen LogP contribution in [0.15, 0.2) is 0 Å². The first-order chi connectivity index (χ1) is 5.53. The van der Waals surface area contributed by atoms with E-state index in [1.165, 1.54) is 7.11 Å². The van der Waals surface area contributed by atoms with Gasteiger partial charge in [-0.1, -0.05) is 6.92 Å². The Balaban J connectivity index is 2.86. The van der Waals surface area contributed by atoms with Crippen molar-refractivity contribution in [3.63, 3.8) is 0 Å². The third-order valence-electron chi connectivity index (χ3n) is 3.28. The number of hydrogen-bond acceptors (Lipinski definition) is 3. The van der Waals surface area contributed by atoms with Gasteiger partial charge in [0.2, 0.25) is 0 Å². The topological polar surface area (TPSA) is 38.3 Å². The average molecular weight is 171 g/mol. The van der Waals surface area contributed by atoms with Gasteiger partial charge in [0, 0.05) is 6.04 Å². The van der Waals surface area contributed by atoms with Crippen molar-refractivity contribution in [3.8, 4) is 0 Å². The van der Waals surface area contributed by atoms with Crippen molar-refractivity contribution in [3.05, 3.63) is 0 Å². The molecule has 1 aliphatic heterocycles. The van der Waals surface area contributed by atoms with Crippen LogP contribution in [0, 0.1) is 11.3 Å². The largest absolute Gasteiger partial charge is 0.469 e. The molecule has 0 radical (unpaired) electrons. The predicted octanol–water partition coefficient (Wildman–Crippen LogP) is 0.793. The lowest BCUT2D eigenvalue weighted by atomic mass is 9.76. The van der Waals surface area contributed by atoms with Gasteiger partial charge >= 0.3 is 5.97 Å². The molecule has 3 atom stereocenters. The van der Waals surface area contributed by atoms with E-state index in [0.717, 1.165) is 6.54 Å². The fourth-order valence-electron chi connectivity index (χ4n) is 1.80. The predicted molar refractivity (Wildman–Crippen MR) is 46.8 cm³/mol. The molecule has 3 heteroatoms. The zero-order chi connectivity index (χ0) is 9.35. The van der Waals surface area contributed by atoms with Crippen LogP contribution in [-0.2, 0) is 9.53 Å². The lowest BCUT2D eigenvalue weighted by molar-refractivity contribution is -0.154. The number of methoxy groups -OCH3 is 1. The Hall–Kier alpha value is -0.570. The fraction of sp³-hybridized carbons (Fsp3) is 0.889. The van der Waals surface area contributed by atoms with Gasteiger partial charge in [-0.15, -0.1) is 0 Å². The summed E-state index contributed by atoms with van der Waals surface area (Å²) < 4.78 is 4.80. The lowest BCUT2D eigenvalue weighted by Gasteiger charge is -2.29. The second-order valence-corrected chi connectivity index (χ2v) is 3.81. The molecule has 0 aromatic carbocycles. The first-order valence-electron chi connectivity index (χ1n) is 4.35. The molecule has 0 saturated carbocycles. The molecular weight excluding hydrogens is 154 g/mol. The third-order valence-corrected chi connectivity index (χ3v) is 3.28. The van der Waals surface area contributed by atoms with Crippen LogP contribution in [0.4, 0.5) is 0 Å². The maximum atomic E-state index is 11.5. The molecular formula is C9H17NO2. The molecule has 0 aliphatic carbocycles. The van der Waals surface area contributed by atoms with Gasteiger partial charge in [-0.25, -0.2) is 0 Å². The van der Waals surface area contributed by atoms with E-state index in [0.29, 0.717) is 5.92 Å². The Bertz CT molecular complexity index is 181. The summed E-state index contributed by atoms with van der Waals surface area (Å²) in [6, 6.07) is 0.208. The molecule has 1 heterocycles. The second kappa shape index (κ2) is 3.05. The number of ether oxygens (including phenoxy) is 1. The SMILES string of the molecule is COC(=O)[C@@]1(C)[C@H](C)CN[C@@H]1C. The van der Waals surface area contributed by atoms with Gasteiger partial charge < -0.3 is 10.1 Å². The number of hydrogen-bond donors (Lipinski definition) is 1. The lowest BCUT2D eigenvalue weighted by Crippen LogP contribution is -2.41. The summed E-state index contributed by atoms with van der Waals surface area (Å²) in [5.74, 6) is 0.243. The van der Waals surface area contributed by atoms with E-state index in [1.807, 2.05) is 13.8 Å². The molecule has 1 N–H and O–H groups in total. The monoisotopic (exact) mass is 171 g/mol. The molecule has 12 heavy (non-hydrogen) atoms. The smallest absolute Gasteiger partial charge is 0.313 e. The molecule has 3 nitrogen and oxygen atoms in total. The van der Waals surface area contributed by atoms with E-state index >= 15 is 0 Å². The van der Waals surface area contributed by atoms with Gasteiger partial charge in [0.15, 0.2) is 0 Å². The molecule has 1 fully saturated rings. The van der Waals surface area contributed by atoms with Gasteiger partial charge in [0.1, 0.15) is 0 Å². The summed E-state index contributed by atoms with van der Waals surface area (Å²) in [6.45, 7) is 6.97. The molecule has 70 valence electrons. The minimum absolute atomic E-state index is 0.104. The molecule has 0 bridgehead atoms. The number of carbonyl (C=O) groups excluding carboxylic acids is 1. The van der Waals surface area contributed by atoms with Crippen molar-refractivity contribution in [2.45, 2.75) is 26.8 Å². The van der Waals surface area contributed by atoms with Crippen molar-refractivity contribution < 1.29 is 9.53 Å². The van der Waals surface area contributed by atoms with Gasteiger partial charge in [-0.05, 0) is 26.3 Å². The van der Waals surface area contributed by atoms with Gasteiger partial charge in [-0.3, -0.25) is 4.79 Å². The summed E-state index contributed by atoms with van der Waals surface area (Å²) in [4.78, 5) is 11.5. The first-order valence-corrected chi connectivity index (χ1v) is 4.35. The first kappa shape index (κ1) is 9.52. The van der Waals surface area contributed by atoms with Crippen molar-refractivity contribution in [2.75, 3.05) is 13.7 Å². The standard InChI is InChI=1S/C9H17NO2/c1-6-5-10-7(2)9(6,3)8(11)12-4/h6-7,10H,5H2,1-4H3/t6-,7-,9+/m1/s1. The molecule has 0 spiro atoms. The summed E-state index contributed by atoms with van der Waals surface area (Å²) in [6.07, 6.45) is 0. The highest BCUT2D eigenvalue weighted by molar-refractivity contribution is 5.78. The maximum Gasteiger partial charge on any atom is 0.313 e. The molecule has 0 unspecified atom stereocenters. The number of carbonyl (C=O) groups is 1. The van der Waals surface area contributed by atoms with Crippen LogP contribution < -0.4 is 5.32 Å². The zero-order valence-corrected chi connectivity index (χ0v) is 8.18. The van der Waals surface area contributed by atoms with Crippen LogP contribution in [0.5, 0.6) is 0 Å². The van der Waals surface area contributed by atoms with Crippen molar-refractivity contribution in [1.29, 1.82) is 0 Å². The maximum absolute atomic E-state index is 11.5. The van der Waals surface area contributed by atoms with Crippen molar-refractivity contribution >= 4 is 5.97 Å². The normalized spacial score (nSPS) is 41.3. The highest BCUT2D eigenvalue weighted by Gasteiger charge is 2.48. The molecule has 1 aliphatic rings. The minimum atomic E-state index is -0.352. The van der Waals surface area contributed by atoms with Gasteiger partial charge in [0.25, 0.3) is 0 Å². The average Bonchev–Trinajstić information content (AvgIpc) is 2.32. The Morgan fingerprint density at radius 1 is 1.58 bits per heavy atom. The Kier molecular flexibility index (Phi) is 2.42. The highest BCUT2D eigenvalue weighted by atomic mass is 16.5. The molecule has 1 saturated heterocycles. The van der Waals surface area contributed by atoms with Crippen LogP contribution in [-0.4, -0.2) is 25.7 Å². The van der Waals surface area contributed by atoms with Crippen LogP contribution in [0.1, 0.15) is 20.8 Å².